The Morgan fingerprint density at radius 2 is 1.90 bits per heavy atom. The van der Waals surface area contributed by atoms with Crippen molar-refractivity contribution in [2.45, 2.75) is 71.0 Å². The van der Waals surface area contributed by atoms with Crippen LogP contribution in [0.5, 0.6) is 0 Å². The first-order valence-electron chi connectivity index (χ1n) is 8.79. The number of aliphatic hydroxyl groups is 1. The molecule has 0 aromatic carbocycles. The molecule has 3 heteroatoms. The molecule has 0 spiro atoms. The van der Waals surface area contributed by atoms with Crippen LogP contribution >= 0.6 is 0 Å². The van der Waals surface area contributed by atoms with Crippen LogP contribution in [0.1, 0.15) is 58.8 Å². The van der Waals surface area contributed by atoms with E-state index in [0.29, 0.717) is 29.8 Å². The Hall–Kier alpha value is -0.410. The van der Waals surface area contributed by atoms with Crippen LogP contribution in [-0.2, 0) is 9.53 Å². The van der Waals surface area contributed by atoms with E-state index in [-0.39, 0.29) is 17.1 Å². The SMILES string of the molecule is C[C@@]12CCO[C@H]1[C@@H]1CC[C@H]3C(=O)[C@H](O)CC[C@]3(C)[C@H]1CC2. The monoisotopic (exact) mass is 292 g/mol. The fraction of sp³-hybridized carbons (Fsp3) is 0.944. The van der Waals surface area contributed by atoms with E-state index in [9.17, 15) is 9.90 Å². The average molecular weight is 292 g/mol. The average Bonchev–Trinajstić information content (AvgIpc) is 2.85. The molecule has 4 fully saturated rings. The van der Waals surface area contributed by atoms with Gasteiger partial charge in [-0.1, -0.05) is 13.8 Å². The van der Waals surface area contributed by atoms with Gasteiger partial charge >= 0.3 is 0 Å². The number of hydrogen-bond donors (Lipinski definition) is 1. The quantitative estimate of drug-likeness (QED) is 0.746. The minimum Gasteiger partial charge on any atom is -0.385 e. The fourth-order valence-electron chi connectivity index (χ4n) is 6.35. The van der Waals surface area contributed by atoms with Gasteiger partial charge in [-0.25, -0.2) is 0 Å². The highest BCUT2D eigenvalue weighted by molar-refractivity contribution is 5.86. The lowest BCUT2D eigenvalue weighted by molar-refractivity contribution is -0.165. The lowest BCUT2D eigenvalue weighted by Gasteiger charge is -2.58. The third-order valence-electron chi connectivity index (χ3n) is 7.65. The van der Waals surface area contributed by atoms with E-state index >= 15 is 0 Å². The maximum Gasteiger partial charge on any atom is 0.164 e. The van der Waals surface area contributed by atoms with Crippen molar-refractivity contribution in [2.75, 3.05) is 6.61 Å². The molecule has 3 nitrogen and oxygen atoms in total. The molecule has 7 atom stereocenters. The van der Waals surface area contributed by atoms with Gasteiger partial charge < -0.3 is 9.84 Å². The molecule has 1 aliphatic heterocycles. The predicted molar refractivity (Wildman–Crippen MR) is 79.8 cm³/mol. The number of carbonyl (C=O) groups is 1. The van der Waals surface area contributed by atoms with Crippen LogP contribution in [0.4, 0.5) is 0 Å². The Bertz CT molecular complexity index is 461. The van der Waals surface area contributed by atoms with Gasteiger partial charge in [0.25, 0.3) is 0 Å². The molecular weight excluding hydrogens is 264 g/mol. The summed E-state index contributed by atoms with van der Waals surface area (Å²) in [7, 11) is 0. The summed E-state index contributed by atoms with van der Waals surface area (Å²) in [5.74, 6) is 1.47. The van der Waals surface area contributed by atoms with Crippen molar-refractivity contribution in [1.29, 1.82) is 0 Å². The van der Waals surface area contributed by atoms with E-state index in [1.807, 2.05) is 0 Å². The highest BCUT2D eigenvalue weighted by Gasteiger charge is 2.60. The first-order chi connectivity index (χ1) is 9.96. The molecule has 0 radical (unpaired) electrons. The molecule has 21 heavy (non-hydrogen) atoms. The molecule has 0 unspecified atom stereocenters. The summed E-state index contributed by atoms with van der Waals surface area (Å²) in [6, 6.07) is 0. The second-order valence-electron chi connectivity index (χ2n) is 8.60. The van der Waals surface area contributed by atoms with Gasteiger partial charge in [-0.05, 0) is 67.6 Å². The van der Waals surface area contributed by atoms with Gasteiger partial charge in [0.1, 0.15) is 6.10 Å². The molecule has 0 bridgehead atoms. The molecule has 1 saturated heterocycles. The van der Waals surface area contributed by atoms with E-state index in [1.165, 1.54) is 19.3 Å². The Morgan fingerprint density at radius 1 is 1.10 bits per heavy atom. The van der Waals surface area contributed by atoms with Crippen molar-refractivity contribution < 1.29 is 14.6 Å². The van der Waals surface area contributed by atoms with Crippen molar-refractivity contribution in [2.24, 2.45) is 28.6 Å². The van der Waals surface area contributed by atoms with Crippen LogP contribution in [0.2, 0.25) is 0 Å². The minimum atomic E-state index is -0.698. The van der Waals surface area contributed by atoms with Gasteiger partial charge in [0.2, 0.25) is 0 Å². The van der Waals surface area contributed by atoms with Crippen LogP contribution in [-0.4, -0.2) is 29.7 Å². The number of fused-ring (bicyclic) bond motifs is 5. The summed E-state index contributed by atoms with van der Waals surface area (Å²) in [5, 5.41) is 9.94. The fourth-order valence-corrected chi connectivity index (χ4v) is 6.35. The standard InChI is InChI=1S/C18H28O3/c1-17-7-5-12-11(16(17)21-10-9-17)3-4-13-15(20)14(19)6-8-18(12,13)2/h11-14,16,19H,3-10H2,1-2H3/t11-,12+,13+,14-,16+,17-,18-/m1/s1. The molecule has 0 aromatic rings. The lowest BCUT2D eigenvalue weighted by atomic mass is 9.46. The molecule has 118 valence electrons. The first kappa shape index (κ1) is 14.2. The van der Waals surface area contributed by atoms with E-state index in [4.69, 9.17) is 4.74 Å². The smallest absolute Gasteiger partial charge is 0.164 e. The second kappa shape index (κ2) is 4.55. The summed E-state index contributed by atoms with van der Waals surface area (Å²) in [6.07, 6.45) is 7.17. The van der Waals surface area contributed by atoms with Crippen LogP contribution in [0.15, 0.2) is 0 Å². The van der Waals surface area contributed by atoms with Gasteiger partial charge in [0.05, 0.1) is 6.10 Å². The van der Waals surface area contributed by atoms with E-state index in [1.54, 1.807) is 0 Å². The predicted octanol–water partition coefficient (Wildman–Crippen LogP) is 2.95. The number of ketones is 1. The van der Waals surface area contributed by atoms with Crippen molar-refractivity contribution >= 4 is 5.78 Å². The third-order valence-corrected chi connectivity index (χ3v) is 7.65. The molecule has 0 amide bonds. The van der Waals surface area contributed by atoms with Crippen LogP contribution in [0.25, 0.3) is 0 Å². The third kappa shape index (κ3) is 1.83. The molecule has 3 saturated carbocycles. The molecule has 1 heterocycles. The second-order valence-corrected chi connectivity index (χ2v) is 8.60. The topological polar surface area (TPSA) is 46.5 Å². The van der Waals surface area contributed by atoms with E-state index < -0.39 is 6.10 Å². The summed E-state index contributed by atoms with van der Waals surface area (Å²) < 4.78 is 6.17. The number of aliphatic hydroxyl groups excluding tert-OH is 1. The van der Waals surface area contributed by atoms with Gasteiger partial charge in [0.15, 0.2) is 5.78 Å². The van der Waals surface area contributed by atoms with Crippen molar-refractivity contribution in [3.63, 3.8) is 0 Å². The largest absolute Gasteiger partial charge is 0.385 e. The first-order valence-corrected chi connectivity index (χ1v) is 8.79. The summed E-state index contributed by atoms with van der Waals surface area (Å²) in [4.78, 5) is 12.4. The summed E-state index contributed by atoms with van der Waals surface area (Å²) in [5.41, 5.74) is 0.481. The zero-order valence-electron chi connectivity index (χ0n) is 13.3. The summed E-state index contributed by atoms with van der Waals surface area (Å²) >= 11 is 0. The number of Topliss-reactive ketones (excluding diaryl/α,β-unsaturated/α-hetero) is 1. The Morgan fingerprint density at radius 3 is 2.71 bits per heavy atom. The van der Waals surface area contributed by atoms with E-state index in [0.717, 1.165) is 25.9 Å². The maximum absolute atomic E-state index is 12.4. The highest BCUT2D eigenvalue weighted by atomic mass is 16.5. The molecule has 4 rings (SSSR count). The zero-order chi connectivity index (χ0) is 14.8. The van der Waals surface area contributed by atoms with E-state index in [2.05, 4.69) is 13.8 Å². The normalized spacial score (nSPS) is 56.5. The lowest BCUT2D eigenvalue weighted by Crippen LogP contribution is -2.58. The van der Waals surface area contributed by atoms with Crippen molar-refractivity contribution in [1.82, 2.24) is 0 Å². The van der Waals surface area contributed by atoms with Gasteiger partial charge in [-0.15, -0.1) is 0 Å². The van der Waals surface area contributed by atoms with Crippen LogP contribution in [0.3, 0.4) is 0 Å². The van der Waals surface area contributed by atoms with Gasteiger partial charge in [-0.3, -0.25) is 4.79 Å². The molecule has 3 aliphatic carbocycles. The molecular formula is C18H28O3. The molecule has 4 aliphatic rings. The van der Waals surface area contributed by atoms with Crippen molar-refractivity contribution in [3.05, 3.63) is 0 Å². The van der Waals surface area contributed by atoms with Crippen LogP contribution < -0.4 is 0 Å². The minimum absolute atomic E-state index is 0.0910. The number of hydrogen-bond acceptors (Lipinski definition) is 3. The summed E-state index contributed by atoms with van der Waals surface area (Å²) in [6.45, 7) is 5.66. The number of rotatable bonds is 0. The van der Waals surface area contributed by atoms with Gasteiger partial charge in [0, 0.05) is 12.5 Å². The highest BCUT2D eigenvalue weighted by Crippen LogP contribution is 2.62. The number of carbonyl (C=O) groups excluding carboxylic acids is 1. The Labute approximate surface area is 127 Å². The van der Waals surface area contributed by atoms with Crippen LogP contribution in [0, 0.1) is 28.6 Å². The molecule has 0 aromatic heterocycles. The molecule has 1 N–H and O–H groups in total. The Balaban J connectivity index is 1.66. The zero-order valence-corrected chi connectivity index (χ0v) is 13.3. The number of ether oxygens (including phenoxy) is 1. The van der Waals surface area contributed by atoms with Gasteiger partial charge in [-0.2, -0.15) is 0 Å². The van der Waals surface area contributed by atoms with Crippen molar-refractivity contribution in [3.8, 4) is 0 Å². The Kier molecular flexibility index (Phi) is 3.07. The maximum atomic E-state index is 12.4.